The van der Waals surface area contributed by atoms with Crippen LogP contribution < -0.4 is 5.32 Å². The van der Waals surface area contributed by atoms with E-state index in [0.717, 1.165) is 18.5 Å². The largest absolute Gasteiger partial charge is 0.321 e. The predicted molar refractivity (Wildman–Crippen MR) is 85.3 cm³/mol. The summed E-state index contributed by atoms with van der Waals surface area (Å²) in [6.07, 6.45) is 1.65. The first kappa shape index (κ1) is 15.9. The van der Waals surface area contributed by atoms with E-state index in [1.807, 2.05) is 6.92 Å². The molecule has 0 bridgehead atoms. The lowest BCUT2D eigenvalue weighted by molar-refractivity contribution is 0.102. The van der Waals surface area contributed by atoms with Gasteiger partial charge in [-0.3, -0.25) is 4.79 Å². The minimum absolute atomic E-state index is 0.268. The van der Waals surface area contributed by atoms with Crippen molar-refractivity contribution in [3.05, 3.63) is 57.0 Å². The van der Waals surface area contributed by atoms with Gasteiger partial charge in [0.05, 0.1) is 5.69 Å². The molecule has 0 fully saturated rings. The summed E-state index contributed by atoms with van der Waals surface area (Å²) in [5, 5.41) is 2.92. The number of nitrogens with zero attached hydrogens (tertiary/aromatic N) is 1. The molecule has 110 valence electrons. The van der Waals surface area contributed by atoms with Gasteiger partial charge in [-0.05, 0) is 52.7 Å². The third-order valence-corrected chi connectivity index (χ3v) is 3.68. The second kappa shape index (κ2) is 7.00. The van der Waals surface area contributed by atoms with Gasteiger partial charge in [-0.15, -0.1) is 0 Å². The van der Waals surface area contributed by atoms with Crippen molar-refractivity contribution in [2.75, 3.05) is 5.32 Å². The fraction of sp³-hybridized carbons (Fsp3) is 0.200. The Bertz CT molecular complexity index is 679. The number of benzene rings is 1. The molecule has 1 aromatic carbocycles. The van der Waals surface area contributed by atoms with Gasteiger partial charge in [-0.25, -0.2) is 9.37 Å². The Kier molecular flexibility index (Phi) is 5.31. The van der Waals surface area contributed by atoms with E-state index in [9.17, 15) is 9.18 Å². The summed E-state index contributed by atoms with van der Waals surface area (Å²) in [5.74, 6) is -0.782. The van der Waals surface area contributed by atoms with Crippen LogP contribution in [0.1, 0.15) is 29.4 Å². The molecule has 1 N–H and O–H groups in total. The molecule has 21 heavy (non-hydrogen) atoms. The van der Waals surface area contributed by atoms with Crippen molar-refractivity contribution in [3.63, 3.8) is 0 Å². The molecule has 0 unspecified atom stereocenters. The van der Waals surface area contributed by atoms with Gasteiger partial charge in [-0.2, -0.15) is 0 Å². The minimum atomic E-state index is -0.423. The molecule has 1 heterocycles. The molecule has 2 rings (SSSR count). The van der Waals surface area contributed by atoms with Crippen LogP contribution in [0.3, 0.4) is 0 Å². The number of hydrogen-bond donors (Lipinski definition) is 1. The van der Waals surface area contributed by atoms with Crippen molar-refractivity contribution in [2.45, 2.75) is 19.8 Å². The molecule has 2 aromatic rings. The molecule has 0 saturated heterocycles. The quantitative estimate of drug-likeness (QED) is 0.781. The number of amides is 1. The highest BCUT2D eigenvalue weighted by molar-refractivity contribution is 9.10. The summed E-state index contributed by atoms with van der Waals surface area (Å²) in [6, 6.07) is 7.27. The van der Waals surface area contributed by atoms with Crippen LogP contribution in [-0.2, 0) is 6.42 Å². The Morgan fingerprint density at radius 2 is 2.14 bits per heavy atom. The lowest BCUT2D eigenvalue weighted by Gasteiger charge is -2.09. The van der Waals surface area contributed by atoms with E-state index in [4.69, 9.17) is 11.6 Å². The first-order valence-corrected chi connectivity index (χ1v) is 7.59. The second-order valence-corrected chi connectivity index (χ2v) is 5.74. The van der Waals surface area contributed by atoms with Crippen molar-refractivity contribution < 1.29 is 9.18 Å². The summed E-state index contributed by atoms with van der Waals surface area (Å²) in [7, 11) is 0. The highest BCUT2D eigenvalue weighted by atomic mass is 79.9. The van der Waals surface area contributed by atoms with Gasteiger partial charge in [0, 0.05) is 15.7 Å². The van der Waals surface area contributed by atoms with Gasteiger partial charge in [0.15, 0.2) is 0 Å². The van der Waals surface area contributed by atoms with E-state index in [1.165, 1.54) is 24.3 Å². The number of aryl methyl sites for hydroxylation is 1. The molecular weight excluding hydrogens is 359 g/mol. The third kappa shape index (κ3) is 4.25. The number of halogens is 3. The zero-order chi connectivity index (χ0) is 15.4. The molecule has 0 aliphatic rings. The Labute approximate surface area is 135 Å². The van der Waals surface area contributed by atoms with Crippen LogP contribution >= 0.6 is 27.5 Å². The van der Waals surface area contributed by atoms with E-state index >= 15 is 0 Å². The van der Waals surface area contributed by atoms with Crippen molar-refractivity contribution in [1.29, 1.82) is 0 Å². The monoisotopic (exact) mass is 370 g/mol. The predicted octanol–water partition coefficient (Wildman–Crippen LogP) is 4.84. The van der Waals surface area contributed by atoms with Gasteiger partial charge in [0.1, 0.15) is 11.0 Å². The van der Waals surface area contributed by atoms with Crippen molar-refractivity contribution in [1.82, 2.24) is 4.98 Å². The summed E-state index contributed by atoms with van der Waals surface area (Å²) >= 11 is 9.19. The maximum atomic E-state index is 13.2. The number of nitrogens with one attached hydrogen (secondary N) is 1. The Balaban J connectivity index is 2.25. The lowest BCUT2D eigenvalue weighted by Crippen LogP contribution is -2.13. The van der Waals surface area contributed by atoms with Crippen LogP contribution in [0.4, 0.5) is 10.1 Å². The number of hydrogen-bond acceptors (Lipinski definition) is 2. The highest BCUT2D eigenvalue weighted by Gasteiger charge is 2.11. The van der Waals surface area contributed by atoms with Crippen LogP contribution in [0.25, 0.3) is 0 Å². The molecule has 0 aliphatic heterocycles. The Morgan fingerprint density at radius 1 is 1.38 bits per heavy atom. The molecule has 0 radical (unpaired) electrons. The molecule has 0 saturated carbocycles. The number of carbonyl (C=O) groups is 1. The van der Waals surface area contributed by atoms with Crippen LogP contribution in [0.15, 0.2) is 34.8 Å². The van der Waals surface area contributed by atoms with Crippen LogP contribution in [-0.4, -0.2) is 10.9 Å². The van der Waals surface area contributed by atoms with Gasteiger partial charge in [-0.1, -0.05) is 24.9 Å². The first-order chi connectivity index (χ1) is 9.99. The van der Waals surface area contributed by atoms with Crippen LogP contribution in [0.2, 0.25) is 5.15 Å². The number of aromatic nitrogens is 1. The number of pyridine rings is 1. The van der Waals surface area contributed by atoms with E-state index in [1.54, 1.807) is 6.07 Å². The SMILES string of the molecule is CCCc1cc(C(=O)Nc2cc(F)ccc2Br)cc(Cl)n1. The third-order valence-electron chi connectivity index (χ3n) is 2.79. The zero-order valence-electron chi connectivity index (χ0n) is 11.3. The fourth-order valence-electron chi connectivity index (χ4n) is 1.85. The Hall–Kier alpha value is -1.46. The first-order valence-electron chi connectivity index (χ1n) is 6.42. The lowest BCUT2D eigenvalue weighted by atomic mass is 10.1. The van der Waals surface area contributed by atoms with Crippen molar-refractivity contribution in [2.24, 2.45) is 0 Å². The molecule has 1 amide bonds. The summed E-state index contributed by atoms with van der Waals surface area (Å²) in [4.78, 5) is 16.4. The zero-order valence-corrected chi connectivity index (χ0v) is 13.6. The Morgan fingerprint density at radius 3 is 2.86 bits per heavy atom. The van der Waals surface area contributed by atoms with Crippen molar-refractivity contribution in [3.8, 4) is 0 Å². The fourth-order valence-corrected chi connectivity index (χ4v) is 2.43. The van der Waals surface area contributed by atoms with Gasteiger partial charge >= 0.3 is 0 Å². The van der Waals surface area contributed by atoms with Crippen LogP contribution in [0.5, 0.6) is 0 Å². The second-order valence-electron chi connectivity index (χ2n) is 4.50. The molecular formula is C15H13BrClFN2O. The summed E-state index contributed by atoms with van der Waals surface area (Å²) < 4.78 is 13.8. The average Bonchev–Trinajstić information content (AvgIpc) is 2.42. The minimum Gasteiger partial charge on any atom is -0.321 e. The van der Waals surface area contributed by atoms with E-state index < -0.39 is 5.82 Å². The number of anilines is 1. The maximum Gasteiger partial charge on any atom is 0.255 e. The summed E-state index contributed by atoms with van der Waals surface area (Å²) in [5.41, 5.74) is 1.52. The topological polar surface area (TPSA) is 42.0 Å². The molecule has 1 aromatic heterocycles. The maximum absolute atomic E-state index is 13.2. The summed E-state index contributed by atoms with van der Waals surface area (Å²) in [6.45, 7) is 2.02. The molecule has 0 aliphatic carbocycles. The standard InChI is InChI=1S/C15H13BrClFN2O/c1-2-3-11-6-9(7-14(17)19-11)15(21)20-13-8-10(18)4-5-12(13)16/h4-8H,2-3H2,1H3,(H,20,21). The van der Waals surface area contributed by atoms with E-state index in [2.05, 4.69) is 26.2 Å². The molecule has 0 atom stereocenters. The average molecular weight is 372 g/mol. The van der Waals surface area contributed by atoms with E-state index in [-0.39, 0.29) is 11.1 Å². The number of carbonyl (C=O) groups excluding carboxylic acids is 1. The van der Waals surface area contributed by atoms with E-state index in [0.29, 0.717) is 15.7 Å². The van der Waals surface area contributed by atoms with Gasteiger partial charge in [0.2, 0.25) is 0 Å². The molecule has 6 heteroatoms. The molecule has 0 spiro atoms. The van der Waals surface area contributed by atoms with Crippen LogP contribution in [0, 0.1) is 5.82 Å². The molecule has 3 nitrogen and oxygen atoms in total. The smallest absolute Gasteiger partial charge is 0.255 e. The highest BCUT2D eigenvalue weighted by Crippen LogP contribution is 2.24. The van der Waals surface area contributed by atoms with Gasteiger partial charge < -0.3 is 5.32 Å². The van der Waals surface area contributed by atoms with Gasteiger partial charge in [0.25, 0.3) is 5.91 Å². The number of rotatable bonds is 4. The normalized spacial score (nSPS) is 10.5. The van der Waals surface area contributed by atoms with Crippen molar-refractivity contribution >= 4 is 39.1 Å².